The Bertz CT molecular complexity index is 743. The zero-order valence-corrected chi connectivity index (χ0v) is 10.5. The number of nitrogens with one attached hydrogen (secondary N) is 2. The molecule has 0 aliphatic carbocycles. The van der Waals surface area contributed by atoms with E-state index in [0.29, 0.717) is 17.1 Å². The second kappa shape index (κ2) is 4.57. The second-order valence-electron chi connectivity index (χ2n) is 4.34. The minimum absolute atomic E-state index is 0.113. The Labute approximate surface area is 110 Å². The summed E-state index contributed by atoms with van der Waals surface area (Å²) in [5.74, 6) is 0.555. The Hall–Kier alpha value is -2.62. The van der Waals surface area contributed by atoms with Gasteiger partial charge in [-0.1, -0.05) is 30.3 Å². The number of benzene rings is 1. The smallest absolute Gasteiger partial charge is 0.254 e. The fourth-order valence-corrected chi connectivity index (χ4v) is 2.01. The molecule has 1 aromatic carbocycles. The fraction of sp³-hybridized carbons (Fsp3) is 0.0667. The van der Waals surface area contributed by atoms with Crippen molar-refractivity contribution in [1.29, 1.82) is 0 Å². The number of H-pyrrole nitrogens is 2. The molecular formula is C15H13N3O. The van der Waals surface area contributed by atoms with Crippen molar-refractivity contribution in [2.45, 2.75) is 6.92 Å². The van der Waals surface area contributed by atoms with Gasteiger partial charge in [-0.2, -0.15) is 0 Å². The summed E-state index contributed by atoms with van der Waals surface area (Å²) in [6.07, 6.45) is 1.80. The van der Waals surface area contributed by atoms with Crippen LogP contribution in [0, 0.1) is 6.92 Å². The molecule has 0 unspecified atom stereocenters. The van der Waals surface area contributed by atoms with E-state index in [9.17, 15) is 4.79 Å². The van der Waals surface area contributed by atoms with Crippen LogP contribution >= 0.6 is 0 Å². The molecule has 94 valence electrons. The zero-order valence-electron chi connectivity index (χ0n) is 10.5. The molecule has 0 bridgehead atoms. The van der Waals surface area contributed by atoms with E-state index in [2.05, 4.69) is 15.0 Å². The highest BCUT2D eigenvalue weighted by atomic mass is 16.1. The first-order valence-corrected chi connectivity index (χ1v) is 6.06. The number of nitrogens with zero attached hydrogens (tertiary/aromatic N) is 1. The molecule has 2 aromatic heterocycles. The number of rotatable bonds is 2. The van der Waals surface area contributed by atoms with Crippen molar-refractivity contribution in [2.24, 2.45) is 0 Å². The molecule has 0 saturated heterocycles. The lowest BCUT2D eigenvalue weighted by molar-refractivity contribution is 1.08. The lowest BCUT2D eigenvalue weighted by atomic mass is 10.1. The van der Waals surface area contributed by atoms with E-state index in [-0.39, 0.29) is 5.56 Å². The normalized spacial score (nSPS) is 10.6. The molecule has 3 aromatic rings. The molecule has 0 aliphatic rings. The van der Waals surface area contributed by atoms with Gasteiger partial charge in [-0.15, -0.1) is 0 Å². The van der Waals surface area contributed by atoms with Gasteiger partial charge in [0.2, 0.25) is 0 Å². The lowest BCUT2D eigenvalue weighted by Gasteiger charge is -2.06. The molecule has 3 rings (SSSR count). The van der Waals surface area contributed by atoms with Crippen LogP contribution in [0.3, 0.4) is 0 Å². The van der Waals surface area contributed by atoms with Crippen LogP contribution in [0.5, 0.6) is 0 Å². The molecule has 4 nitrogen and oxygen atoms in total. The van der Waals surface area contributed by atoms with Crippen LogP contribution in [0.25, 0.3) is 22.8 Å². The van der Waals surface area contributed by atoms with Crippen molar-refractivity contribution in [3.8, 4) is 22.8 Å². The number of hydrogen-bond acceptors (Lipinski definition) is 2. The summed E-state index contributed by atoms with van der Waals surface area (Å²) in [6.45, 7) is 1.78. The van der Waals surface area contributed by atoms with Gasteiger partial charge in [-0.25, -0.2) is 4.98 Å². The summed E-state index contributed by atoms with van der Waals surface area (Å²) in [5.41, 5.74) is 2.97. The third-order valence-electron chi connectivity index (χ3n) is 3.05. The molecule has 0 fully saturated rings. The zero-order chi connectivity index (χ0) is 13.2. The topological polar surface area (TPSA) is 61.5 Å². The first kappa shape index (κ1) is 11.5. The summed E-state index contributed by atoms with van der Waals surface area (Å²) >= 11 is 0. The van der Waals surface area contributed by atoms with Gasteiger partial charge < -0.3 is 9.97 Å². The number of hydrogen-bond donors (Lipinski definition) is 2. The van der Waals surface area contributed by atoms with Crippen molar-refractivity contribution in [2.75, 3.05) is 0 Å². The molecule has 4 heteroatoms. The van der Waals surface area contributed by atoms with Crippen LogP contribution < -0.4 is 5.56 Å². The maximum Gasteiger partial charge on any atom is 0.254 e. The summed E-state index contributed by atoms with van der Waals surface area (Å²) in [6, 6.07) is 13.5. The van der Waals surface area contributed by atoms with Crippen molar-refractivity contribution in [1.82, 2.24) is 15.0 Å². The molecule has 0 saturated carbocycles. The summed E-state index contributed by atoms with van der Waals surface area (Å²) in [5, 5.41) is 0. The van der Waals surface area contributed by atoms with Crippen LogP contribution in [-0.2, 0) is 0 Å². The van der Waals surface area contributed by atoms with Gasteiger partial charge in [0.1, 0.15) is 0 Å². The Morgan fingerprint density at radius 3 is 2.53 bits per heavy atom. The summed E-state index contributed by atoms with van der Waals surface area (Å²) in [7, 11) is 0. The van der Waals surface area contributed by atoms with Crippen molar-refractivity contribution < 1.29 is 0 Å². The van der Waals surface area contributed by atoms with E-state index < -0.39 is 0 Å². The minimum atomic E-state index is -0.113. The minimum Gasteiger partial charge on any atom is -0.359 e. The van der Waals surface area contributed by atoms with E-state index in [0.717, 1.165) is 11.3 Å². The van der Waals surface area contributed by atoms with E-state index in [1.54, 1.807) is 13.1 Å². The van der Waals surface area contributed by atoms with Crippen LogP contribution in [-0.4, -0.2) is 15.0 Å². The largest absolute Gasteiger partial charge is 0.359 e. The van der Waals surface area contributed by atoms with Gasteiger partial charge in [0.05, 0.1) is 11.4 Å². The monoisotopic (exact) mass is 251 g/mol. The standard InChI is InChI=1S/C15H13N3O/c1-10-13(11-6-3-2-4-7-11)17-14(18-15(10)19)12-8-5-9-16-12/h2-9,16H,1H3,(H,17,18,19). The molecular weight excluding hydrogens is 238 g/mol. The summed E-state index contributed by atoms with van der Waals surface area (Å²) < 4.78 is 0. The first-order chi connectivity index (χ1) is 9.25. The van der Waals surface area contributed by atoms with Crippen molar-refractivity contribution in [3.05, 3.63) is 64.6 Å². The highest BCUT2D eigenvalue weighted by Crippen LogP contribution is 2.20. The van der Waals surface area contributed by atoms with Gasteiger partial charge in [-0.05, 0) is 19.1 Å². The molecule has 0 amide bonds. The van der Waals surface area contributed by atoms with Gasteiger partial charge in [0.25, 0.3) is 5.56 Å². The average molecular weight is 251 g/mol. The highest BCUT2D eigenvalue weighted by Gasteiger charge is 2.10. The second-order valence-corrected chi connectivity index (χ2v) is 4.34. The molecule has 0 atom stereocenters. The molecule has 0 radical (unpaired) electrons. The fourth-order valence-electron chi connectivity index (χ4n) is 2.01. The Kier molecular flexibility index (Phi) is 2.76. The maximum atomic E-state index is 12.0. The van der Waals surface area contributed by atoms with Crippen LogP contribution in [0.2, 0.25) is 0 Å². The van der Waals surface area contributed by atoms with Gasteiger partial charge >= 0.3 is 0 Å². The molecule has 2 N–H and O–H groups in total. The van der Waals surface area contributed by atoms with E-state index >= 15 is 0 Å². The Balaban J connectivity index is 2.23. The molecule has 0 spiro atoms. The van der Waals surface area contributed by atoms with Crippen molar-refractivity contribution in [3.63, 3.8) is 0 Å². The Morgan fingerprint density at radius 2 is 1.84 bits per heavy atom. The number of aromatic amines is 2. The van der Waals surface area contributed by atoms with E-state index in [4.69, 9.17) is 0 Å². The maximum absolute atomic E-state index is 12.0. The highest BCUT2D eigenvalue weighted by molar-refractivity contribution is 5.65. The van der Waals surface area contributed by atoms with Crippen LogP contribution in [0.4, 0.5) is 0 Å². The Morgan fingerprint density at radius 1 is 1.05 bits per heavy atom. The predicted octanol–water partition coefficient (Wildman–Crippen LogP) is 2.74. The third kappa shape index (κ3) is 2.08. The number of aromatic nitrogens is 3. The molecule has 2 heterocycles. The predicted molar refractivity (Wildman–Crippen MR) is 74.8 cm³/mol. The molecule has 0 aliphatic heterocycles. The quantitative estimate of drug-likeness (QED) is 0.735. The third-order valence-corrected chi connectivity index (χ3v) is 3.05. The van der Waals surface area contributed by atoms with Crippen LogP contribution in [0.15, 0.2) is 53.5 Å². The van der Waals surface area contributed by atoms with Gasteiger partial charge in [0.15, 0.2) is 5.82 Å². The van der Waals surface area contributed by atoms with Crippen molar-refractivity contribution >= 4 is 0 Å². The lowest BCUT2D eigenvalue weighted by Crippen LogP contribution is -2.14. The van der Waals surface area contributed by atoms with E-state index in [1.165, 1.54) is 0 Å². The van der Waals surface area contributed by atoms with E-state index in [1.807, 2.05) is 42.5 Å². The first-order valence-electron chi connectivity index (χ1n) is 6.06. The average Bonchev–Trinajstić information content (AvgIpc) is 2.97. The SMILES string of the molecule is Cc1c(-c2ccccc2)nc(-c2ccc[nH]2)[nH]c1=O. The van der Waals surface area contributed by atoms with Crippen LogP contribution in [0.1, 0.15) is 5.56 Å². The van der Waals surface area contributed by atoms with Gasteiger partial charge in [0, 0.05) is 17.3 Å². The summed E-state index contributed by atoms with van der Waals surface area (Å²) in [4.78, 5) is 22.4. The molecule has 19 heavy (non-hydrogen) atoms. The van der Waals surface area contributed by atoms with Gasteiger partial charge in [-0.3, -0.25) is 4.79 Å².